The Morgan fingerprint density at radius 2 is 1.96 bits per heavy atom. The molecule has 26 heavy (non-hydrogen) atoms. The summed E-state index contributed by atoms with van der Waals surface area (Å²) in [4.78, 5) is 8.69. The van der Waals surface area contributed by atoms with Crippen molar-refractivity contribution in [3.63, 3.8) is 0 Å². The van der Waals surface area contributed by atoms with Crippen LogP contribution in [-0.2, 0) is 9.84 Å². The number of halogens is 1. The van der Waals surface area contributed by atoms with Gasteiger partial charge in [-0.05, 0) is 24.5 Å². The van der Waals surface area contributed by atoms with Crippen molar-refractivity contribution in [2.24, 2.45) is 10.9 Å². The van der Waals surface area contributed by atoms with Gasteiger partial charge in [0.1, 0.15) is 5.75 Å². The Labute approximate surface area is 172 Å². The maximum Gasteiger partial charge on any atom is 0.193 e. The number of hydrogen-bond acceptors (Lipinski definition) is 5. The van der Waals surface area contributed by atoms with E-state index in [0.29, 0.717) is 18.0 Å². The third-order valence-electron chi connectivity index (χ3n) is 4.89. The van der Waals surface area contributed by atoms with Gasteiger partial charge in [-0.3, -0.25) is 4.99 Å². The van der Waals surface area contributed by atoms with Gasteiger partial charge in [-0.25, -0.2) is 8.42 Å². The lowest BCUT2D eigenvalue weighted by Gasteiger charge is -2.38. The van der Waals surface area contributed by atoms with Gasteiger partial charge in [0, 0.05) is 39.8 Å². The lowest BCUT2D eigenvalue weighted by atomic mass is 10.1. The molecule has 0 aromatic heterocycles. The van der Waals surface area contributed by atoms with Crippen molar-refractivity contribution in [3.8, 4) is 5.75 Å². The fourth-order valence-corrected chi connectivity index (χ4v) is 5.35. The quantitative estimate of drug-likeness (QED) is 0.373. The predicted octanol–water partition coefficient (Wildman–Crippen LogP) is 1.14. The molecule has 3 rings (SSSR count). The molecular weight excluding hydrogens is 467 g/mol. The lowest BCUT2D eigenvalue weighted by molar-refractivity contribution is 0.367. The second-order valence-electron chi connectivity index (χ2n) is 6.66. The Kier molecular flexibility index (Phi) is 7.39. The number of para-hydroxylation sites is 2. The molecule has 9 heteroatoms. The number of phenols is 1. The molecular formula is C17H27IN4O3S. The summed E-state index contributed by atoms with van der Waals surface area (Å²) >= 11 is 0. The summed E-state index contributed by atoms with van der Waals surface area (Å²) in [7, 11) is -1.09. The summed E-state index contributed by atoms with van der Waals surface area (Å²) < 4.78 is 23.1. The SMILES string of the molecule is CN=C(NCC1CCS(=O)(=O)C1)N1CCN(c2ccccc2O)CC1.I. The minimum Gasteiger partial charge on any atom is -0.506 e. The second kappa shape index (κ2) is 9.12. The Morgan fingerprint density at radius 3 is 2.54 bits per heavy atom. The Morgan fingerprint density at radius 1 is 1.27 bits per heavy atom. The summed E-state index contributed by atoms with van der Waals surface area (Å²) in [5.41, 5.74) is 0.862. The van der Waals surface area contributed by atoms with E-state index in [4.69, 9.17) is 0 Å². The minimum absolute atomic E-state index is 0. The number of nitrogens with zero attached hydrogens (tertiary/aromatic N) is 3. The van der Waals surface area contributed by atoms with Crippen LogP contribution in [0.1, 0.15) is 6.42 Å². The summed E-state index contributed by atoms with van der Waals surface area (Å²) in [6.45, 7) is 3.85. The number of aliphatic imine (C=N–C) groups is 1. The number of rotatable bonds is 3. The number of anilines is 1. The summed E-state index contributed by atoms with van der Waals surface area (Å²) in [6, 6.07) is 7.39. The summed E-state index contributed by atoms with van der Waals surface area (Å²) in [5, 5.41) is 13.3. The molecule has 2 saturated heterocycles. The Balaban J connectivity index is 0.00000243. The van der Waals surface area contributed by atoms with Crippen LogP contribution in [0.2, 0.25) is 0 Å². The third kappa shape index (κ3) is 5.15. The van der Waals surface area contributed by atoms with E-state index in [9.17, 15) is 13.5 Å². The maximum atomic E-state index is 11.6. The molecule has 2 N–H and O–H groups in total. The van der Waals surface area contributed by atoms with Gasteiger partial charge in [-0.1, -0.05) is 12.1 Å². The molecule has 0 saturated carbocycles. The Bertz CT molecular complexity index is 733. The van der Waals surface area contributed by atoms with Crippen LogP contribution in [0.3, 0.4) is 0 Å². The zero-order chi connectivity index (χ0) is 17.9. The van der Waals surface area contributed by atoms with Crippen LogP contribution in [-0.4, -0.2) is 75.7 Å². The molecule has 0 radical (unpaired) electrons. The molecule has 2 aliphatic rings. The van der Waals surface area contributed by atoms with E-state index in [1.807, 2.05) is 18.2 Å². The highest BCUT2D eigenvalue weighted by molar-refractivity contribution is 14.0. The van der Waals surface area contributed by atoms with Crippen LogP contribution in [0.25, 0.3) is 0 Å². The molecule has 0 spiro atoms. The van der Waals surface area contributed by atoms with Crippen molar-refractivity contribution in [2.75, 3.05) is 56.2 Å². The molecule has 0 bridgehead atoms. The predicted molar refractivity (Wildman–Crippen MR) is 115 cm³/mol. The first-order valence-electron chi connectivity index (χ1n) is 8.67. The second-order valence-corrected chi connectivity index (χ2v) is 8.89. The van der Waals surface area contributed by atoms with Crippen molar-refractivity contribution in [3.05, 3.63) is 24.3 Å². The highest BCUT2D eigenvalue weighted by atomic mass is 127. The lowest BCUT2D eigenvalue weighted by Crippen LogP contribution is -2.53. The van der Waals surface area contributed by atoms with Crippen molar-refractivity contribution < 1.29 is 13.5 Å². The first kappa shape index (κ1) is 21.1. The standard InChI is InChI=1S/C17H26N4O3S.HI/c1-18-17(19-12-14-6-11-25(23,24)13-14)21-9-7-20(8-10-21)15-4-2-3-5-16(15)22;/h2-5,14,22H,6-13H2,1H3,(H,18,19);1H. The van der Waals surface area contributed by atoms with Crippen LogP contribution in [0.4, 0.5) is 5.69 Å². The number of hydrogen-bond donors (Lipinski definition) is 2. The molecule has 7 nitrogen and oxygen atoms in total. The van der Waals surface area contributed by atoms with E-state index < -0.39 is 9.84 Å². The van der Waals surface area contributed by atoms with E-state index in [-0.39, 0.29) is 35.6 Å². The first-order valence-corrected chi connectivity index (χ1v) is 10.5. The van der Waals surface area contributed by atoms with E-state index in [1.165, 1.54) is 0 Å². The number of sulfone groups is 1. The highest BCUT2D eigenvalue weighted by Gasteiger charge is 2.28. The molecule has 1 aromatic rings. The van der Waals surface area contributed by atoms with Crippen LogP contribution in [0.15, 0.2) is 29.3 Å². The van der Waals surface area contributed by atoms with E-state index in [0.717, 1.165) is 44.2 Å². The van der Waals surface area contributed by atoms with E-state index in [1.54, 1.807) is 13.1 Å². The average molecular weight is 494 g/mol. The van der Waals surface area contributed by atoms with Crippen LogP contribution >= 0.6 is 24.0 Å². The molecule has 2 heterocycles. The van der Waals surface area contributed by atoms with Crippen molar-refractivity contribution >= 4 is 45.5 Å². The fraction of sp³-hybridized carbons (Fsp3) is 0.588. The first-order chi connectivity index (χ1) is 12.0. The number of benzene rings is 1. The van der Waals surface area contributed by atoms with Gasteiger partial charge in [0.05, 0.1) is 17.2 Å². The number of piperazine rings is 1. The number of guanidine groups is 1. The Hall–Kier alpha value is -1.23. The van der Waals surface area contributed by atoms with Crippen molar-refractivity contribution in [1.82, 2.24) is 10.2 Å². The molecule has 0 amide bonds. The van der Waals surface area contributed by atoms with Crippen LogP contribution in [0.5, 0.6) is 5.75 Å². The van der Waals surface area contributed by atoms with Gasteiger partial charge in [0.15, 0.2) is 15.8 Å². The third-order valence-corrected chi connectivity index (χ3v) is 6.73. The summed E-state index contributed by atoms with van der Waals surface area (Å²) in [6.07, 6.45) is 0.730. The smallest absolute Gasteiger partial charge is 0.193 e. The number of aromatic hydroxyl groups is 1. The number of nitrogens with one attached hydrogen (secondary N) is 1. The largest absolute Gasteiger partial charge is 0.506 e. The monoisotopic (exact) mass is 494 g/mol. The molecule has 2 aliphatic heterocycles. The fourth-order valence-electron chi connectivity index (χ4n) is 3.49. The molecule has 1 atom stereocenters. The molecule has 1 unspecified atom stereocenters. The van der Waals surface area contributed by atoms with Gasteiger partial charge in [0.2, 0.25) is 0 Å². The molecule has 1 aromatic carbocycles. The van der Waals surface area contributed by atoms with Crippen LogP contribution in [0, 0.1) is 5.92 Å². The molecule has 146 valence electrons. The normalized spacial score (nSPS) is 22.8. The van der Waals surface area contributed by atoms with Gasteiger partial charge in [-0.15, -0.1) is 24.0 Å². The zero-order valence-corrected chi connectivity index (χ0v) is 18.1. The minimum atomic E-state index is -2.84. The molecule has 2 fully saturated rings. The topological polar surface area (TPSA) is 85.2 Å². The van der Waals surface area contributed by atoms with Crippen LogP contribution < -0.4 is 10.2 Å². The van der Waals surface area contributed by atoms with Gasteiger partial charge in [0.25, 0.3) is 0 Å². The molecule has 0 aliphatic carbocycles. The zero-order valence-electron chi connectivity index (χ0n) is 15.0. The van der Waals surface area contributed by atoms with Crippen molar-refractivity contribution in [1.29, 1.82) is 0 Å². The number of phenolic OH excluding ortho intramolecular Hbond substituents is 1. The van der Waals surface area contributed by atoms with Crippen molar-refractivity contribution in [2.45, 2.75) is 6.42 Å². The maximum absolute atomic E-state index is 11.6. The van der Waals surface area contributed by atoms with Gasteiger partial charge < -0.3 is 20.2 Å². The highest BCUT2D eigenvalue weighted by Crippen LogP contribution is 2.27. The van der Waals surface area contributed by atoms with Gasteiger partial charge >= 0.3 is 0 Å². The van der Waals surface area contributed by atoms with Gasteiger partial charge in [-0.2, -0.15) is 0 Å². The average Bonchev–Trinajstić information content (AvgIpc) is 2.95. The van der Waals surface area contributed by atoms with E-state index >= 15 is 0 Å². The summed E-state index contributed by atoms with van der Waals surface area (Å²) in [5.74, 6) is 1.88. The van der Waals surface area contributed by atoms with E-state index in [2.05, 4.69) is 20.1 Å².